The van der Waals surface area contributed by atoms with Crippen molar-refractivity contribution in [2.75, 3.05) is 0 Å². The molecule has 5 nitrogen and oxygen atoms in total. The maximum Gasteiger partial charge on any atom is 0.142 e. The average Bonchev–Trinajstić information content (AvgIpc) is 2.27. The van der Waals surface area contributed by atoms with E-state index in [9.17, 15) is 10.2 Å². The Kier molecular flexibility index (Phi) is 6.54. The summed E-state index contributed by atoms with van der Waals surface area (Å²) in [6, 6.07) is 6.65. The monoisotopic (exact) mass is 287 g/mol. The minimum absolute atomic E-state index is 0. The first kappa shape index (κ1) is 16.6. The number of nitriles is 2. The fraction of sp³-hybridized carbons (Fsp3) is 0.417. The fourth-order valence-electron chi connectivity index (χ4n) is 1.82. The minimum atomic E-state index is -0.782. The molecule has 2 unspecified atom stereocenters. The van der Waals surface area contributed by atoms with Crippen LogP contribution in [0.25, 0.3) is 0 Å². The van der Waals surface area contributed by atoms with Crippen molar-refractivity contribution in [1.82, 2.24) is 4.98 Å². The van der Waals surface area contributed by atoms with E-state index < -0.39 is 18.1 Å². The summed E-state index contributed by atoms with van der Waals surface area (Å²) in [5.41, 5.74) is 0.744. The second-order valence-electron chi connectivity index (χ2n) is 3.90. The third-order valence-electron chi connectivity index (χ3n) is 2.50. The van der Waals surface area contributed by atoms with Crippen molar-refractivity contribution >= 4 is 0 Å². The van der Waals surface area contributed by atoms with Gasteiger partial charge in [-0.1, -0.05) is 0 Å². The van der Waals surface area contributed by atoms with Crippen LogP contribution in [0.1, 0.15) is 36.7 Å². The Hall–Kier alpha value is -1.43. The van der Waals surface area contributed by atoms with Crippen LogP contribution in [0, 0.1) is 22.7 Å². The van der Waals surface area contributed by atoms with Crippen molar-refractivity contribution in [3.05, 3.63) is 29.1 Å². The number of rotatable bonds is 3. The molecule has 0 aliphatic rings. The molecule has 1 heterocycles. The van der Waals surface area contributed by atoms with Gasteiger partial charge in [0, 0.05) is 23.0 Å². The van der Waals surface area contributed by atoms with Crippen LogP contribution in [-0.2, 0) is 17.1 Å². The van der Waals surface area contributed by atoms with Crippen LogP contribution in [0.2, 0.25) is 0 Å². The van der Waals surface area contributed by atoms with Crippen LogP contribution in [0.15, 0.2) is 12.1 Å². The van der Waals surface area contributed by atoms with Gasteiger partial charge in [0.2, 0.25) is 0 Å². The molecule has 1 aromatic rings. The van der Waals surface area contributed by atoms with Crippen LogP contribution in [-0.4, -0.2) is 27.4 Å². The first-order valence-electron chi connectivity index (χ1n) is 5.18. The van der Waals surface area contributed by atoms with Crippen molar-refractivity contribution in [3.8, 4) is 12.1 Å². The summed E-state index contributed by atoms with van der Waals surface area (Å²) in [7, 11) is 0. The van der Waals surface area contributed by atoms with Gasteiger partial charge in [-0.3, -0.25) is 0 Å². The van der Waals surface area contributed by atoms with Crippen molar-refractivity contribution in [2.24, 2.45) is 0 Å². The molecule has 0 aliphatic carbocycles. The molecular formula is C12H13FeN3O2. The van der Waals surface area contributed by atoms with E-state index in [-0.39, 0.29) is 28.5 Å². The number of hydrogen-bond acceptors (Lipinski definition) is 5. The Morgan fingerprint density at radius 3 is 1.72 bits per heavy atom. The van der Waals surface area contributed by atoms with E-state index in [0.29, 0.717) is 5.56 Å². The quantitative estimate of drug-likeness (QED) is 0.795. The van der Waals surface area contributed by atoms with Crippen LogP contribution >= 0.6 is 0 Å². The molecule has 1 rings (SSSR count). The predicted molar refractivity (Wildman–Crippen MR) is 59.8 cm³/mol. The number of pyridine rings is 1. The standard InChI is InChI=1S/C12H13N3O2.Fe/c1-7(16)12(8(2)17)9-3-10(5-13)15-11(4-9)6-14;/h3-4,7-8,12,16-17H,1-2H3;. The van der Waals surface area contributed by atoms with E-state index in [4.69, 9.17) is 10.5 Å². The van der Waals surface area contributed by atoms with E-state index in [1.165, 1.54) is 12.1 Å². The summed E-state index contributed by atoms with van der Waals surface area (Å²) >= 11 is 0. The third-order valence-corrected chi connectivity index (χ3v) is 2.50. The molecule has 0 aliphatic heterocycles. The Balaban J connectivity index is 0.00000289. The largest absolute Gasteiger partial charge is 0.393 e. The van der Waals surface area contributed by atoms with Gasteiger partial charge in [0.05, 0.1) is 12.2 Å². The number of hydrogen-bond donors (Lipinski definition) is 2. The minimum Gasteiger partial charge on any atom is -0.393 e. The Bertz CT molecular complexity index is 449. The summed E-state index contributed by atoms with van der Waals surface area (Å²) in [4.78, 5) is 3.79. The summed E-state index contributed by atoms with van der Waals surface area (Å²) in [6.45, 7) is 3.10. The first-order valence-corrected chi connectivity index (χ1v) is 5.18. The van der Waals surface area contributed by atoms with Gasteiger partial charge in [-0.25, -0.2) is 4.98 Å². The number of aliphatic hydroxyl groups excluding tert-OH is 2. The molecule has 18 heavy (non-hydrogen) atoms. The molecule has 1 aromatic heterocycles. The van der Waals surface area contributed by atoms with Crippen LogP contribution in [0.3, 0.4) is 0 Å². The van der Waals surface area contributed by atoms with Crippen molar-refractivity contribution in [2.45, 2.75) is 32.0 Å². The van der Waals surface area contributed by atoms with Crippen molar-refractivity contribution in [3.63, 3.8) is 0 Å². The SMILES string of the molecule is CC(O)C(c1cc(C#N)nc(C#N)c1)C(C)O.[Fe]. The number of aromatic nitrogens is 1. The van der Waals surface area contributed by atoms with E-state index in [2.05, 4.69) is 4.98 Å². The molecule has 0 radical (unpaired) electrons. The van der Waals surface area contributed by atoms with Gasteiger partial charge in [-0.2, -0.15) is 10.5 Å². The van der Waals surface area contributed by atoms with Crippen molar-refractivity contribution < 1.29 is 27.3 Å². The molecule has 2 atom stereocenters. The molecule has 0 saturated heterocycles. The molecule has 0 saturated carbocycles. The molecular weight excluding hydrogens is 274 g/mol. The van der Waals surface area contributed by atoms with E-state index in [1.54, 1.807) is 13.8 Å². The molecule has 96 valence electrons. The summed E-state index contributed by atoms with van der Waals surface area (Å²) in [6.07, 6.45) is -1.56. The van der Waals surface area contributed by atoms with Crippen LogP contribution < -0.4 is 0 Å². The second-order valence-corrected chi connectivity index (χ2v) is 3.90. The second kappa shape index (κ2) is 7.10. The zero-order valence-corrected chi connectivity index (χ0v) is 11.1. The van der Waals surface area contributed by atoms with Gasteiger partial charge < -0.3 is 10.2 Å². The Morgan fingerprint density at radius 2 is 1.44 bits per heavy atom. The summed E-state index contributed by atoms with van der Waals surface area (Å²) < 4.78 is 0. The predicted octanol–water partition coefficient (Wildman–Crippen LogP) is 0.668. The Morgan fingerprint density at radius 1 is 1.06 bits per heavy atom. The maximum atomic E-state index is 9.62. The molecule has 0 spiro atoms. The molecule has 0 bridgehead atoms. The van der Waals surface area contributed by atoms with Gasteiger partial charge in [0.1, 0.15) is 23.5 Å². The van der Waals surface area contributed by atoms with E-state index in [0.717, 1.165) is 0 Å². The molecule has 6 heteroatoms. The average molecular weight is 287 g/mol. The van der Waals surface area contributed by atoms with Gasteiger partial charge in [-0.15, -0.1) is 0 Å². The molecule has 0 fully saturated rings. The zero-order valence-electron chi connectivity index (χ0n) is 9.98. The van der Waals surface area contributed by atoms with E-state index >= 15 is 0 Å². The zero-order chi connectivity index (χ0) is 13.0. The van der Waals surface area contributed by atoms with E-state index in [1.807, 2.05) is 12.1 Å². The van der Waals surface area contributed by atoms with Gasteiger partial charge in [0.15, 0.2) is 0 Å². The molecule has 0 amide bonds. The number of aliphatic hydroxyl groups is 2. The maximum absolute atomic E-state index is 9.62. The number of nitrogens with zero attached hydrogens (tertiary/aromatic N) is 3. The molecule has 0 aromatic carbocycles. The van der Waals surface area contributed by atoms with Crippen LogP contribution in [0.4, 0.5) is 0 Å². The smallest absolute Gasteiger partial charge is 0.142 e. The molecule has 2 N–H and O–H groups in total. The Labute approximate surface area is 116 Å². The summed E-state index contributed by atoms with van der Waals surface area (Å²) in [5.74, 6) is -0.544. The topological polar surface area (TPSA) is 101 Å². The van der Waals surface area contributed by atoms with Gasteiger partial charge in [0.25, 0.3) is 0 Å². The normalized spacial score (nSPS) is 14.6. The van der Waals surface area contributed by atoms with Gasteiger partial charge in [-0.05, 0) is 31.5 Å². The van der Waals surface area contributed by atoms with Gasteiger partial charge >= 0.3 is 0 Å². The summed E-state index contributed by atoms with van der Waals surface area (Å²) in [5, 5.41) is 36.8. The third kappa shape index (κ3) is 3.80. The first-order chi connectivity index (χ1) is 7.99. The fourth-order valence-corrected chi connectivity index (χ4v) is 1.82. The van der Waals surface area contributed by atoms with Crippen molar-refractivity contribution in [1.29, 1.82) is 10.5 Å². The van der Waals surface area contributed by atoms with Crippen LogP contribution in [0.5, 0.6) is 0 Å².